The van der Waals surface area contributed by atoms with Crippen LogP contribution in [0.5, 0.6) is 0 Å². The number of hydrogen-bond acceptors (Lipinski definition) is 4. The van der Waals surface area contributed by atoms with Gasteiger partial charge in [-0.15, -0.1) is 0 Å². The van der Waals surface area contributed by atoms with E-state index in [-0.39, 0.29) is 28.1 Å². The first-order valence-corrected chi connectivity index (χ1v) is 9.36. The molecule has 0 aliphatic carbocycles. The average molecular weight is 437 g/mol. The number of para-hydroxylation sites is 2. The maximum atomic E-state index is 13.2. The maximum Gasteiger partial charge on any atom is 0.416 e. The van der Waals surface area contributed by atoms with Crippen molar-refractivity contribution in [2.45, 2.75) is 6.18 Å². The number of hydrogen-bond donors (Lipinski definition) is 0. The highest BCUT2D eigenvalue weighted by molar-refractivity contribution is 5.80. The molecule has 0 aliphatic heterocycles. The molecule has 0 amide bonds. The van der Waals surface area contributed by atoms with Crippen LogP contribution in [0.3, 0.4) is 0 Å². The largest absolute Gasteiger partial charge is 0.416 e. The second-order valence-electron chi connectivity index (χ2n) is 6.83. The summed E-state index contributed by atoms with van der Waals surface area (Å²) in [6.07, 6.45) is -1.82. The molecule has 4 rings (SSSR count). The molecular weight excluding hydrogens is 423 g/mol. The maximum absolute atomic E-state index is 13.2. The van der Waals surface area contributed by atoms with Crippen molar-refractivity contribution in [2.75, 3.05) is 0 Å². The van der Waals surface area contributed by atoms with Crippen molar-refractivity contribution < 1.29 is 18.1 Å². The van der Waals surface area contributed by atoms with Crippen molar-refractivity contribution >= 4 is 28.7 Å². The van der Waals surface area contributed by atoms with Gasteiger partial charge < -0.3 is 0 Å². The van der Waals surface area contributed by atoms with Crippen LogP contribution in [-0.4, -0.2) is 14.5 Å². The average Bonchev–Trinajstić information content (AvgIpc) is 2.77. The number of benzene rings is 3. The molecule has 0 saturated heterocycles. The first-order valence-electron chi connectivity index (χ1n) is 9.36. The Kier molecular flexibility index (Phi) is 5.31. The third kappa shape index (κ3) is 4.00. The highest BCUT2D eigenvalue weighted by Gasteiger charge is 2.30. The van der Waals surface area contributed by atoms with Crippen LogP contribution in [-0.2, 0) is 6.18 Å². The molecule has 0 N–H and O–H groups in total. The third-order valence-electron chi connectivity index (χ3n) is 4.78. The number of nitro groups is 1. The minimum absolute atomic E-state index is 0.0229. The zero-order valence-electron chi connectivity index (χ0n) is 16.3. The Hall–Kier alpha value is -4.27. The van der Waals surface area contributed by atoms with Crippen molar-refractivity contribution in [1.29, 1.82) is 0 Å². The van der Waals surface area contributed by atoms with Gasteiger partial charge in [-0.3, -0.25) is 19.5 Å². The standard InChI is InChI=1S/C23H14F3N3O3/c24-23(25,26)16-7-5-8-17(14-16)28-21(27-19-10-3-2-9-18(19)22(28)30)13-12-15-6-1-4-11-20(15)29(31)32/h1-14H. The summed E-state index contributed by atoms with van der Waals surface area (Å²) in [5, 5.41) is 11.5. The van der Waals surface area contributed by atoms with E-state index in [9.17, 15) is 28.1 Å². The molecule has 0 radical (unpaired) electrons. The van der Waals surface area contributed by atoms with Gasteiger partial charge >= 0.3 is 6.18 Å². The minimum Gasteiger partial charge on any atom is -0.268 e. The Labute approximate surface area is 179 Å². The minimum atomic E-state index is -4.59. The summed E-state index contributed by atoms with van der Waals surface area (Å²) < 4.78 is 40.8. The molecular formula is C23H14F3N3O3. The Morgan fingerprint density at radius 3 is 2.41 bits per heavy atom. The molecule has 32 heavy (non-hydrogen) atoms. The fourth-order valence-electron chi connectivity index (χ4n) is 3.29. The van der Waals surface area contributed by atoms with Crippen molar-refractivity contribution in [2.24, 2.45) is 0 Å². The van der Waals surface area contributed by atoms with Gasteiger partial charge in [0.25, 0.3) is 11.2 Å². The van der Waals surface area contributed by atoms with E-state index in [4.69, 9.17) is 0 Å². The molecule has 3 aromatic carbocycles. The smallest absolute Gasteiger partial charge is 0.268 e. The topological polar surface area (TPSA) is 78.0 Å². The van der Waals surface area contributed by atoms with Crippen molar-refractivity contribution in [1.82, 2.24) is 9.55 Å². The van der Waals surface area contributed by atoms with E-state index in [1.807, 2.05) is 0 Å². The summed E-state index contributed by atoms with van der Waals surface area (Å²) >= 11 is 0. The van der Waals surface area contributed by atoms with Crippen LogP contribution in [0.25, 0.3) is 28.7 Å². The van der Waals surface area contributed by atoms with Gasteiger partial charge in [0.1, 0.15) is 5.82 Å². The van der Waals surface area contributed by atoms with Gasteiger partial charge in [-0.2, -0.15) is 13.2 Å². The van der Waals surface area contributed by atoms with E-state index in [1.165, 1.54) is 48.6 Å². The summed E-state index contributed by atoms with van der Waals surface area (Å²) in [5.41, 5.74) is -1.04. The molecule has 0 atom stereocenters. The lowest BCUT2D eigenvalue weighted by atomic mass is 10.1. The molecule has 1 aromatic heterocycles. The van der Waals surface area contributed by atoms with Crippen molar-refractivity contribution in [3.8, 4) is 5.69 Å². The third-order valence-corrected chi connectivity index (χ3v) is 4.78. The number of nitrogens with zero attached hydrogens (tertiary/aromatic N) is 3. The number of nitro benzene ring substituents is 1. The van der Waals surface area contributed by atoms with E-state index in [2.05, 4.69) is 4.98 Å². The first-order chi connectivity index (χ1) is 15.3. The summed E-state index contributed by atoms with van der Waals surface area (Å²) in [4.78, 5) is 28.3. The van der Waals surface area contributed by atoms with Crippen LogP contribution < -0.4 is 5.56 Å². The Morgan fingerprint density at radius 1 is 0.938 bits per heavy atom. The van der Waals surface area contributed by atoms with Gasteiger partial charge in [0.05, 0.1) is 32.6 Å². The fraction of sp³-hybridized carbons (Fsp3) is 0.0435. The van der Waals surface area contributed by atoms with Crippen LogP contribution in [0, 0.1) is 10.1 Å². The van der Waals surface area contributed by atoms with Crippen LogP contribution in [0.2, 0.25) is 0 Å². The van der Waals surface area contributed by atoms with Crippen molar-refractivity contribution in [3.05, 3.63) is 110 Å². The van der Waals surface area contributed by atoms with E-state index in [1.54, 1.807) is 24.3 Å². The summed E-state index contributed by atoms with van der Waals surface area (Å²) in [5.74, 6) is 0.0335. The normalized spacial score (nSPS) is 11.8. The lowest BCUT2D eigenvalue weighted by molar-refractivity contribution is -0.385. The lowest BCUT2D eigenvalue weighted by Gasteiger charge is -2.14. The Bertz CT molecular complexity index is 1430. The van der Waals surface area contributed by atoms with Crippen LogP contribution in [0.4, 0.5) is 18.9 Å². The van der Waals surface area contributed by atoms with Crippen LogP contribution in [0.15, 0.2) is 77.6 Å². The molecule has 0 unspecified atom stereocenters. The number of halogens is 3. The highest BCUT2D eigenvalue weighted by Crippen LogP contribution is 2.30. The second-order valence-corrected chi connectivity index (χ2v) is 6.83. The number of rotatable bonds is 4. The van der Waals surface area contributed by atoms with Gasteiger partial charge in [-0.1, -0.05) is 30.3 Å². The van der Waals surface area contributed by atoms with Gasteiger partial charge in [-0.25, -0.2) is 4.98 Å². The predicted octanol–water partition coefficient (Wildman–Crippen LogP) is 5.48. The monoisotopic (exact) mass is 437 g/mol. The molecule has 0 bridgehead atoms. The van der Waals surface area contributed by atoms with Crippen LogP contribution >= 0.6 is 0 Å². The van der Waals surface area contributed by atoms with Gasteiger partial charge in [0.15, 0.2) is 0 Å². The number of alkyl halides is 3. The molecule has 6 nitrogen and oxygen atoms in total. The molecule has 0 spiro atoms. The molecule has 0 aliphatic rings. The predicted molar refractivity (Wildman–Crippen MR) is 114 cm³/mol. The molecule has 0 fully saturated rings. The van der Waals surface area contributed by atoms with E-state index < -0.39 is 22.2 Å². The highest BCUT2D eigenvalue weighted by atomic mass is 19.4. The zero-order valence-corrected chi connectivity index (χ0v) is 16.3. The Morgan fingerprint density at radius 2 is 1.66 bits per heavy atom. The van der Waals surface area contributed by atoms with Gasteiger partial charge in [0.2, 0.25) is 0 Å². The molecule has 0 saturated carbocycles. The zero-order chi connectivity index (χ0) is 22.9. The number of fused-ring (bicyclic) bond motifs is 1. The summed E-state index contributed by atoms with van der Waals surface area (Å²) in [7, 11) is 0. The molecule has 1 heterocycles. The molecule has 9 heteroatoms. The lowest BCUT2D eigenvalue weighted by Crippen LogP contribution is -2.22. The second kappa shape index (κ2) is 8.10. The number of aromatic nitrogens is 2. The van der Waals surface area contributed by atoms with Crippen molar-refractivity contribution in [3.63, 3.8) is 0 Å². The van der Waals surface area contributed by atoms with E-state index in [0.29, 0.717) is 5.52 Å². The van der Waals surface area contributed by atoms with Gasteiger partial charge in [-0.05, 0) is 48.6 Å². The Balaban J connectivity index is 1.96. The first kappa shape index (κ1) is 21.0. The SMILES string of the molecule is O=c1c2ccccc2nc(C=Cc2ccccc2[N+](=O)[O-])n1-c1cccc(C(F)(F)F)c1. The quantitative estimate of drug-likeness (QED) is 0.313. The molecule has 4 aromatic rings. The van der Waals surface area contributed by atoms with E-state index >= 15 is 0 Å². The van der Waals surface area contributed by atoms with Crippen LogP contribution in [0.1, 0.15) is 17.0 Å². The summed E-state index contributed by atoms with van der Waals surface area (Å²) in [6.45, 7) is 0. The molecule has 160 valence electrons. The summed E-state index contributed by atoms with van der Waals surface area (Å²) in [6, 6.07) is 16.8. The van der Waals surface area contributed by atoms with Gasteiger partial charge in [0, 0.05) is 6.07 Å². The van der Waals surface area contributed by atoms with E-state index in [0.717, 1.165) is 16.7 Å². The fourth-order valence-corrected chi connectivity index (χ4v) is 3.29.